The van der Waals surface area contributed by atoms with Crippen LogP contribution in [0.2, 0.25) is 0 Å². The molecular weight excluding hydrogens is 214 g/mol. The van der Waals surface area contributed by atoms with Crippen molar-refractivity contribution in [3.8, 4) is 0 Å². The molecule has 0 saturated carbocycles. The van der Waals surface area contributed by atoms with E-state index < -0.39 is 6.43 Å². The third-order valence-electron chi connectivity index (χ3n) is 1.70. The SMILES string of the molecule is Nc1nc(C=O)cc(C(F)F)c1CCl. The molecule has 0 bridgehead atoms. The molecule has 3 nitrogen and oxygen atoms in total. The zero-order valence-electron chi connectivity index (χ0n) is 7.01. The predicted octanol–water partition coefficient (Wildman–Crippen LogP) is 2.15. The summed E-state index contributed by atoms with van der Waals surface area (Å²) < 4.78 is 24.9. The maximum atomic E-state index is 12.5. The minimum atomic E-state index is -2.72. The molecule has 0 aliphatic rings. The summed E-state index contributed by atoms with van der Waals surface area (Å²) in [4.78, 5) is 13.9. The molecule has 0 saturated heterocycles. The van der Waals surface area contributed by atoms with Crippen LogP contribution < -0.4 is 5.73 Å². The Morgan fingerprint density at radius 1 is 1.64 bits per heavy atom. The maximum absolute atomic E-state index is 12.5. The Morgan fingerprint density at radius 2 is 2.29 bits per heavy atom. The van der Waals surface area contributed by atoms with Gasteiger partial charge in [-0.1, -0.05) is 0 Å². The summed E-state index contributed by atoms with van der Waals surface area (Å²) in [5, 5.41) is 0. The van der Waals surface area contributed by atoms with Gasteiger partial charge in [0.1, 0.15) is 11.5 Å². The summed E-state index contributed by atoms with van der Waals surface area (Å²) in [5.41, 5.74) is 4.98. The molecule has 2 N–H and O–H groups in total. The number of hydrogen-bond acceptors (Lipinski definition) is 3. The maximum Gasteiger partial charge on any atom is 0.264 e. The lowest BCUT2D eigenvalue weighted by Gasteiger charge is -2.08. The Balaban J connectivity index is 3.35. The van der Waals surface area contributed by atoms with Crippen molar-refractivity contribution >= 4 is 23.7 Å². The van der Waals surface area contributed by atoms with Crippen molar-refractivity contribution in [1.82, 2.24) is 4.98 Å². The lowest BCUT2D eigenvalue weighted by molar-refractivity contribution is 0.111. The van der Waals surface area contributed by atoms with Crippen molar-refractivity contribution in [2.24, 2.45) is 0 Å². The van der Waals surface area contributed by atoms with Crippen LogP contribution in [0, 0.1) is 0 Å². The minimum absolute atomic E-state index is 0.0762. The lowest BCUT2D eigenvalue weighted by atomic mass is 10.1. The van der Waals surface area contributed by atoms with E-state index in [1.165, 1.54) is 0 Å². The first kappa shape index (κ1) is 10.8. The van der Waals surface area contributed by atoms with Gasteiger partial charge in [-0.05, 0) is 6.07 Å². The third kappa shape index (κ3) is 1.98. The van der Waals surface area contributed by atoms with Gasteiger partial charge in [-0.15, -0.1) is 11.6 Å². The summed E-state index contributed by atoms with van der Waals surface area (Å²) in [6, 6.07) is 0.992. The van der Waals surface area contributed by atoms with Crippen LogP contribution >= 0.6 is 11.6 Å². The molecule has 1 rings (SSSR count). The van der Waals surface area contributed by atoms with Crippen LogP contribution in [0.3, 0.4) is 0 Å². The van der Waals surface area contributed by atoms with E-state index in [9.17, 15) is 13.6 Å². The van der Waals surface area contributed by atoms with E-state index in [2.05, 4.69) is 4.98 Å². The first-order valence-electron chi connectivity index (χ1n) is 3.68. The number of nitrogen functional groups attached to an aromatic ring is 1. The standard InChI is InChI=1S/C8H7ClF2N2O/c9-2-6-5(7(10)11)1-4(3-14)13-8(6)12/h1,3,7H,2H2,(H2,12,13). The second-order valence-electron chi connectivity index (χ2n) is 2.55. The quantitative estimate of drug-likeness (QED) is 0.627. The highest BCUT2D eigenvalue weighted by molar-refractivity contribution is 6.17. The molecule has 0 fully saturated rings. The Labute approximate surface area is 83.9 Å². The normalized spacial score (nSPS) is 10.6. The average Bonchev–Trinajstić information content (AvgIpc) is 2.16. The van der Waals surface area contributed by atoms with Crippen LogP contribution in [0.25, 0.3) is 0 Å². The number of carbonyl (C=O) groups is 1. The van der Waals surface area contributed by atoms with Crippen molar-refractivity contribution < 1.29 is 13.6 Å². The molecule has 1 aromatic rings. The van der Waals surface area contributed by atoms with Crippen LogP contribution in [0.15, 0.2) is 6.07 Å². The van der Waals surface area contributed by atoms with Gasteiger partial charge in [0.15, 0.2) is 6.29 Å². The fourth-order valence-corrected chi connectivity index (χ4v) is 1.33. The fraction of sp³-hybridized carbons (Fsp3) is 0.250. The summed E-state index contributed by atoms with van der Waals surface area (Å²) in [6.07, 6.45) is -2.35. The van der Waals surface area contributed by atoms with Crippen molar-refractivity contribution in [3.63, 3.8) is 0 Å². The highest BCUT2D eigenvalue weighted by atomic mass is 35.5. The molecule has 0 amide bonds. The molecule has 1 heterocycles. The molecule has 0 atom stereocenters. The number of alkyl halides is 3. The number of carbonyl (C=O) groups excluding carboxylic acids is 1. The van der Waals surface area contributed by atoms with Crippen molar-refractivity contribution in [1.29, 1.82) is 0 Å². The molecular formula is C8H7ClF2N2O. The van der Waals surface area contributed by atoms with Crippen LogP contribution in [-0.4, -0.2) is 11.3 Å². The number of halogens is 3. The molecule has 1 aromatic heterocycles. The van der Waals surface area contributed by atoms with E-state index >= 15 is 0 Å². The zero-order chi connectivity index (χ0) is 10.7. The van der Waals surface area contributed by atoms with Crippen LogP contribution in [0.4, 0.5) is 14.6 Å². The van der Waals surface area contributed by atoms with Gasteiger partial charge >= 0.3 is 0 Å². The van der Waals surface area contributed by atoms with Gasteiger partial charge in [0, 0.05) is 11.1 Å². The summed E-state index contributed by atoms with van der Waals surface area (Å²) in [6.45, 7) is 0. The molecule has 0 aliphatic heterocycles. The van der Waals surface area contributed by atoms with Gasteiger partial charge in [-0.25, -0.2) is 13.8 Å². The molecule has 6 heteroatoms. The van der Waals surface area contributed by atoms with Crippen molar-refractivity contribution in [3.05, 3.63) is 22.9 Å². The first-order chi connectivity index (χ1) is 6.60. The summed E-state index contributed by atoms with van der Waals surface area (Å²) in [5.74, 6) is -0.280. The van der Waals surface area contributed by atoms with E-state index in [0.717, 1.165) is 6.07 Å². The van der Waals surface area contributed by atoms with Crippen molar-refractivity contribution in [2.45, 2.75) is 12.3 Å². The summed E-state index contributed by atoms with van der Waals surface area (Å²) in [7, 11) is 0. The number of nitrogens with zero attached hydrogens (tertiary/aromatic N) is 1. The number of aldehydes is 1. The van der Waals surface area contributed by atoms with E-state index in [0.29, 0.717) is 6.29 Å². The van der Waals surface area contributed by atoms with Gasteiger partial charge in [-0.2, -0.15) is 0 Å². The Hall–Kier alpha value is -1.23. The van der Waals surface area contributed by atoms with Gasteiger partial charge < -0.3 is 5.73 Å². The first-order valence-corrected chi connectivity index (χ1v) is 4.22. The molecule has 76 valence electrons. The average molecular weight is 221 g/mol. The largest absolute Gasteiger partial charge is 0.383 e. The monoisotopic (exact) mass is 220 g/mol. The van der Waals surface area contributed by atoms with E-state index in [-0.39, 0.29) is 28.5 Å². The fourth-order valence-electron chi connectivity index (χ4n) is 1.03. The number of anilines is 1. The number of pyridine rings is 1. The molecule has 0 spiro atoms. The molecule has 0 aromatic carbocycles. The number of nitrogens with two attached hydrogens (primary N) is 1. The highest BCUT2D eigenvalue weighted by Crippen LogP contribution is 2.27. The Bertz CT molecular complexity index is 357. The van der Waals surface area contributed by atoms with E-state index in [4.69, 9.17) is 17.3 Å². The van der Waals surface area contributed by atoms with E-state index in [1.807, 2.05) is 0 Å². The minimum Gasteiger partial charge on any atom is -0.383 e. The topological polar surface area (TPSA) is 56.0 Å². The molecule has 0 unspecified atom stereocenters. The number of rotatable bonds is 3. The van der Waals surface area contributed by atoms with Crippen LogP contribution in [0.5, 0.6) is 0 Å². The third-order valence-corrected chi connectivity index (χ3v) is 1.97. The highest BCUT2D eigenvalue weighted by Gasteiger charge is 2.17. The summed E-state index contributed by atoms with van der Waals surface area (Å²) >= 11 is 5.44. The molecule has 0 aliphatic carbocycles. The lowest BCUT2D eigenvalue weighted by Crippen LogP contribution is -2.04. The van der Waals surface area contributed by atoms with Gasteiger partial charge in [-0.3, -0.25) is 4.79 Å². The van der Waals surface area contributed by atoms with Crippen LogP contribution in [-0.2, 0) is 5.88 Å². The van der Waals surface area contributed by atoms with Crippen LogP contribution in [0.1, 0.15) is 28.0 Å². The predicted molar refractivity (Wildman–Crippen MR) is 48.6 cm³/mol. The molecule has 0 radical (unpaired) electrons. The van der Waals surface area contributed by atoms with Crippen molar-refractivity contribution in [2.75, 3.05) is 5.73 Å². The Kier molecular flexibility index (Phi) is 3.35. The second kappa shape index (κ2) is 4.32. The number of aromatic nitrogens is 1. The van der Waals surface area contributed by atoms with E-state index in [1.54, 1.807) is 0 Å². The van der Waals surface area contributed by atoms with Gasteiger partial charge in [0.2, 0.25) is 0 Å². The Morgan fingerprint density at radius 3 is 2.71 bits per heavy atom. The number of hydrogen-bond donors (Lipinski definition) is 1. The zero-order valence-corrected chi connectivity index (χ0v) is 7.76. The van der Waals surface area contributed by atoms with Gasteiger partial charge in [0.25, 0.3) is 6.43 Å². The molecule has 14 heavy (non-hydrogen) atoms. The smallest absolute Gasteiger partial charge is 0.264 e. The second-order valence-corrected chi connectivity index (χ2v) is 2.82. The van der Waals surface area contributed by atoms with Gasteiger partial charge in [0.05, 0.1) is 5.88 Å².